The van der Waals surface area contributed by atoms with E-state index in [2.05, 4.69) is 15.3 Å². The average Bonchev–Trinajstić information content (AvgIpc) is 3.27. The maximum atomic E-state index is 13.3. The van der Waals surface area contributed by atoms with Crippen molar-refractivity contribution in [3.8, 4) is 11.4 Å². The van der Waals surface area contributed by atoms with Crippen molar-refractivity contribution in [3.63, 3.8) is 0 Å². The van der Waals surface area contributed by atoms with Crippen molar-refractivity contribution in [1.82, 2.24) is 9.97 Å². The van der Waals surface area contributed by atoms with E-state index in [1.165, 1.54) is 0 Å². The highest BCUT2D eigenvalue weighted by atomic mass is 32.2. The Labute approximate surface area is 197 Å². The van der Waals surface area contributed by atoms with E-state index in [9.17, 15) is 13.2 Å². The lowest BCUT2D eigenvalue weighted by atomic mass is 10.1. The lowest BCUT2D eigenvalue weighted by molar-refractivity contribution is -0.113. The first-order chi connectivity index (χ1) is 15.8. The summed E-state index contributed by atoms with van der Waals surface area (Å²) in [6.07, 6.45) is 0. The number of nitrogens with one attached hydrogen (secondary N) is 2. The Morgan fingerprint density at radius 3 is 2.27 bits per heavy atom. The van der Waals surface area contributed by atoms with Crippen LogP contribution in [0.2, 0.25) is 0 Å². The Hall–Kier alpha value is -3.36. The van der Waals surface area contributed by atoms with Crippen molar-refractivity contribution in [2.45, 2.75) is 28.8 Å². The summed E-state index contributed by atoms with van der Waals surface area (Å²) in [5, 5.41) is 3.10. The fraction of sp³-hybridized carbons (Fsp3) is 0.120. The third kappa shape index (κ3) is 5.18. The van der Waals surface area contributed by atoms with Crippen LogP contribution in [-0.2, 0) is 14.6 Å². The zero-order valence-corrected chi connectivity index (χ0v) is 19.8. The molecular weight excluding hydrogens is 454 g/mol. The molecule has 33 heavy (non-hydrogen) atoms. The number of benzene rings is 3. The van der Waals surface area contributed by atoms with Gasteiger partial charge in [-0.2, -0.15) is 0 Å². The highest BCUT2D eigenvalue weighted by Crippen LogP contribution is 2.32. The summed E-state index contributed by atoms with van der Waals surface area (Å²) >= 11 is 1.09. The van der Waals surface area contributed by atoms with Gasteiger partial charge in [0.1, 0.15) is 10.9 Å². The summed E-state index contributed by atoms with van der Waals surface area (Å²) in [5.74, 6) is 0.210. The molecule has 8 heteroatoms. The minimum atomic E-state index is -3.84. The number of rotatable bonds is 7. The molecule has 4 aromatic rings. The smallest absolute Gasteiger partial charge is 0.234 e. The second-order valence-corrected chi connectivity index (χ2v) is 10.4. The quantitative estimate of drug-likeness (QED) is 0.354. The third-order valence-electron chi connectivity index (χ3n) is 5.14. The van der Waals surface area contributed by atoms with Crippen molar-refractivity contribution < 1.29 is 13.2 Å². The number of aromatic nitrogens is 2. The van der Waals surface area contributed by atoms with Crippen LogP contribution in [-0.4, -0.2) is 30.0 Å². The minimum absolute atomic E-state index is 0.0171. The minimum Gasteiger partial charge on any atom is -0.328 e. The van der Waals surface area contributed by atoms with E-state index in [1.807, 2.05) is 62.4 Å². The summed E-state index contributed by atoms with van der Waals surface area (Å²) < 4.78 is 26.6. The highest BCUT2D eigenvalue weighted by molar-refractivity contribution is 8.00. The van der Waals surface area contributed by atoms with Gasteiger partial charge in [0.25, 0.3) is 0 Å². The van der Waals surface area contributed by atoms with Crippen LogP contribution in [0, 0.1) is 13.8 Å². The Morgan fingerprint density at radius 2 is 1.61 bits per heavy atom. The maximum absolute atomic E-state index is 13.3. The highest BCUT2D eigenvalue weighted by Gasteiger charge is 2.26. The Kier molecular flexibility index (Phi) is 6.67. The van der Waals surface area contributed by atoms with E-state index in [4.69, 9.17) is 0 Å². The predicted molar refractivity (Wildman–Crippen MR) is 131 cm³/mol. The molecule has 0 aliphatic rings. The first-order valence-corrected chi connectivity index (χ1v) is 12.8. The zero-order valence-electron chi connectivity index (χ0n) is 18.2. The lowest BCUT2D eigenvalue weighted by Crippen LogP contribution is -2.14. The van der Waals surface area contributed by atoms with Gasteiger partial charge >= 0.3 is 0 Å². The van der Waals surface area contributed by atoms with Gasteiger partial charge in [0.2, 0.25) is 15.7 Å². The Morgan fingerprint density at radius 1 is 0.939 bits per heavy atom. The zero-order chi connectivity index (χ0) is 23.4. The van der Waals surface area contributed by atoms with Crippen LogP contribution in [0.5, 0.6) is 0 Å². The van der Waals surface area contributed by atoms with E-state index in [0.29, 0.717) is 11.5 Å². The molecule has 168 valence electrons. The summed E-state index contributed by atoms with van der Waals surface area (Å²) in [5.41, 5.74) is 3.68. The normalized spacial score (nSPS) is 11.3. The molecule has 0 radical (unpaired) electrons. The van der Waals surface area contributed by atoms with Gasteiger partial charge in [-0.25, -0.2) is 13.4 Å². The van der Waals surface area contributed by atoms with Crippen molar-refractivity contribution >= 4 is 33.2 Å². The number of anilines is 1. The number of hydrogen-bond donors (Lipinski definition) is 2. The molecule has 0 fully saturated rings. The van der Waals surface area contributed by atoms with Crippen LogP contribution in [0.3, 0.4) is 0 Å². The molecule has 0 aliphatic carbocycles. The molecule has 0 saturated carbocycles. The molecule has 6 nitrogen and oxygen atoms in total. The molecule has 4 rings (SSSR count). The molecular formula is C25H23N3O3S2. The van der Waals surface area contributed by atoms with E-state index in [-0.39, 0.29) is 26.6 Å². The number of H-pyrrole nitrogens is 1. The number of nitrogens with zero attached hydrogens (tertiary/aromatic N) is 1. The average molecular weight is 478 g/mol. The number of carbonyl (C=O) groups is 1. The molecule has 0 unspecified atom stereocenters. The summed E-state index contributed by atoms with van der Waals surface area (Å²) in [4.78, 5) is 20.2. The molecule has 1 heterocycles. The fourth-order valence-electron chi connectivity index (χ4n) is 3.22. The third-order valence-corrected chi connectivity index (χ3v) is 7.97. The number of hydrogen-bond acceptors (Lipinski definition) is 5. The van der Waals surface area contributed by atoms with Gasteiger partial charge in [-0.05, 0) is 49.2 Å². The van der Waals surface area contributed by atoms with Crippen molar-refractivity contribution in [1.29, 1.82) is 0 Å². The second-order valence-electron chi connectivity index (χ2n) is 7.54. The van der Waals surface area contributed by atoms with E-state index < -0.39 is 9.84 Å². The molecule has 3 aromatic carbocycles. The summed E-state index contributed by atoms with van der Waals surface area (Å²) in [6.45, 7) is 3.99. The van der Waals surface area contributed by atoms with Gasteiger partial charge in [0.15, 0.2) is 5.03 Å². The van der Waals surface area contributed by atoms with Gasteiger partial charge < -0.3 is 10.3 Å². The molecule has 0 saturated heterocycles. The van der Waals surface area contributed by atoms with Gasteiger partial charge in [-0.1, -0.05) is 66.4 Å². The molecule has 1 amide bonds. The fourth-order valence-corrected chi connectivity index (χ4v) is 5.66. The van der Waals surface area contributed by atoms with Crippen molar-refractivity contribution in [2.75, 3.05) is 11.1 Å². The second kappa shape index (κ2) is 9.64. The number of aryl methyl sites for hydroxylation is 2. The summed E-state index contributed by atoms with van der Waals surface area (Å²) in [7, 11) is -3.84. The Bertz CT molecular complexity index is 1380. The number of thioether (sulfide) groups is 1. The van der Waals surface area contributed by atoms with Crippen LogP contribution in [0.15, 0.2) is 93.8 Å². The van der Waals surface area contributed by atoms with Gasteiger partial charge in [0.05, 0.1) is 10.6 Å². The van der Waals surface area contributed by atoms with E-state index in [0.717, 1.165) is 28.5 Å². The van der Waals surface area contributed by atoms with Crippen LogP contribution in [0.1, 0.15) is 11.1 Å². The molecule has 2 N–H and O–H groups in total. The van der Waals surface area contributed by atoms with Gasteiger partial charge in [0, 0.05) is 11.3 Å². The monoisotopic (exact) mass is 477 g/mol. The SMILES string of the molecule is Cc1ccc(NC(=O)CSc2nc(-c3ccccc3)[nH]c2S(=O)(=O)c2ccccc2)cc1C. The molecule has 0 aliphatic heterocycles. The maximum Gasteiger partial charge on any atom is 0.234 e. The van der Waals surface area contributed by atoms with Crippen LogP contribution < -0.4 is 5.32 Å². The van der Waals surface area contributed by atoms with Crippen LogP contribution in [0.4, 0.5) is 5.69 Å². The van der Waals surface area contributed by atoms with Crippen LogP contribution in [0.25, 0.3) is 11.4 Å². The number of carbonyl (C=O) groups excluding carboxylic acids is 1. The lowest BCUT2D eigenvalue weighted by Gasteiger charge is -2.08. The van der Waals surface area contributed by atoms with E-state index >= 15 is 0 Å². The van der Waals surface area contributed by atoms with E-state index in [1.54, 1.807) is 30.3 Å². The Balaban J connectivity index is 1.61. The predicted octanol–water partition coefficient (Wildman–Crippen LogP) is 5.26. The summed E-state index contributed by atoms with van der Waals surface area (Å²) in [6, 6.07) is 23.2. The standard InChI is InChI=1S/C25H23N3O3S2/c1-17-13-14-20(15-18(17)2)26-22(29)16-32-24-25(33(30,31)21-11-7-4-8-12-21)28-23(27-24)19-9-5-3-6-10-19/h3-15H,16H2,1-2H3,(H,26,29)(H,27,28). The van der Waals surface area contributed by atoms with Crippen molar-refractivity contribution in [2.24, 2.45) is 0 Å². The number of imidazole rings is 1. The number of sulfone groups is 1. The van der Waals surface area contributed by atoms with Crippen LogP contribution >= 0.6 is 11.8 Å². The first kappa shape index (κ1) is 22.8. The molecule has 0 atom stereocenters. The van der Waals surface area contributed by atoms with Gasteiger partial charge in [-0.15, -0.1) is 0 Å². The number of aromatic amines is 1. The molecule has 0 spiro atoms. The van der Waals surface area contributed by atoms with Crippen molar-refractivity contribution in [3.05, 3.63) is 90.0 Å². The topological polar surface area (TPSA) is 91.9 Å². The first-order valence-electron chi connectivity index (χ1n) is 10.3. The largest absolute Gasteiger partial charge is 0.328 e. The van der Waals surface area contributed by atoms with Gasteiger partial charge in [-0.3, -0.25) is 4.79 Å². The molecule has 1 aromatic heterocycles. The molecule has 0 bridgehead atoms. The number of amides is 1.